The third-order valence-corrected chi connectivity index (χ3v) is 3.18. The lowest BCUT2D eigenvalue weighted by atomic mass is 10.0. The molecule has 0 bridgehead atoms. The molecule has 0 saturated carbocycles. The maximum atomic E-state index is 13.7. The molecule has 0 spiro atoms. The summed E-state index contributed by atoms with van der Waals surface area (Å²) >= 11 is 0. The summed E-state index contributed by atoms with van der Waals surface area (Å²) in [4.78, 5) is 11.5. The van der Waals surface area contributed by atoms with Gasteiger partial charge in [-0.05, 0) is 43.7 Å². The average Bonchev–Trinajstić information content (AvgIpc) is 2.41. The fourth-order valence-corrected chi connectivity index (χ4v) is 2.10. The first-order valence-corrected chi connectivity index (χ1v) is 6.41. The van der Waals surface area contributed by atoms with Crippen LogP contribution in [0, 0.1) is 17.5 Å². The highest BCUT2D eigenvalue weighted by Gasteiger charge is 2.16. The lowest BCUT2D eigenvalue weighted by Crippen LogP contribution is -2.11. The minimum Gasteiger partial charge on any atom is -0.378 e. The van der Waals surface area contributed by atoms with Crippen LogP contribution in [0.25, 0.3) is 0 Å². The topological polar surface area (TPSA) is 29.1 Å². The number of hydrogen-bond acceptors (Lipinski definition) is 2. The first-order chi connectivity index (χ1) is 9.90. The van der Waals surface area contributed by atoms with Crippen LogP contribution in [-0.4, -0.2) is 5.78 Å². The number of ketones is 1. The van der Waals surface area contributed by atoms with Gasteiger partial charge in [-0.1, -0.05) is 12.1 Å². The van der Waals surface area contributed by atoms with E-state index in [9.17, 15) is 18.0 Å². The lowest BCUT2D eigenvalue weighted by Gasteiger charge is -2.18. The second-order valence-electron chi connectivity index (χ2n) is 4.76. The summed E-state index contributed by atoms with van der Waals surface area (Å²) in [6.45, 7) is 2.98. The van der Waals surface area contributed by atoms with Crippen molar-refractivity contribution in [2.45, 2.75) is 19.9 Å². The number of carbonyl (C=O) groups excluding carboxylic acids is 1. The molecule has 0 saturated heterocycles. The highest BCUT2D eigenvalue weighted by atomic mass is 19.2. The second-order valence-corrected chi connectivity index (χ2v) is 4.76. The molecule has 0 aliphatic heterocycles. The van der Waals surface area contributed by atoms with E-state index in [1.165, 1.54) is 25.1 Å². The van der Waals surface area contributed by atoms with Gasteiger partial charge in [0.25, 0.3) is 0 Å². The van der Waals surface area contributed by atoms with Crippen molar-refractivity contribution in [3.8, 4) is 0 Å². The molecule has 2 rings (SSSR count). The summed E-state index contributed by atoms with van der Waals surface area (Å²) in [5, 5.41) is 2.95. The number of rotatable bonds is 4. The van der Waals surface area contributed by atoms with E-state index in [0.717, 1.165) is 12.1 Å². The minimum absolute atomic E-state index is 0.0491. The molecule has 5 heteroatoms. The average molecular weight is 293 g/mol. The Morgan fingerprint density at radius 1 is 1.05 bits per heavy atom. The van der Waals surface area contributed by atoms with Crippen LogP contribution in [0.4, 0.5) is 18.9 Å². The van der Waals surface area contributed by atoms with Crippen LogP contribution >= 0.6 is 0 Å². The highest BCUT2D eigenvalue weighted by molar-refractivity contribution is 5.99. The van der Waals surface area contributed by atoms with Crippen LogP contribution in [0.1, 0.15) is 35.8 Å². The van der Waals surface area contributed by atoms with Crippen LogP contribution < -0.4 is 5.32 Å². The molecule has 0 aromatic heterocycles. The number of carbonyl (C=O) groups is 1. The fraction of sp³-hybridized carbons (Fsp3) is 0.188. The third kappa shape index (κ3) is 3.24. The largest absolute Gasteiger partial charge is 0.378 e. The molecule has 2 aromatic carbocycles. The van der Waals surface area contributed by atoms with Gasteiger partial charge in [-0.2, -0.15) is 0 Å². The molecule has 0 heterocycles. The van der Waals surface area contributed by atoms with Crippen LogP contribution in [0.2, 0.25) is 0 Å². The first-order valence-electron chi connectivity index (χ1n) is 6.41. The Morgan fingerprint density at radius 2 is 1.76 bits per heavy atom. The standard InChI is InChI=1S/C16H14F3NO/c1-9(11-6-7-12(17)14(19)8-11)20-15-5-3-4-13(18)16(15)10(2)21/h3-9,20H,1-2H3. The molecule has 0 amide bonds. The van der Waals surface area contributed by atoms with Crippen molar-refractivity contribution in [2.24, 2.45) is 0 Å². The van der Waals surface area contributed by atoms with E-state index in [1.54, 1.807) is 13.0 Å². The Labute approximate surface area is 120 Å². The summed E-state index contributed by atoms with van der Waals surface area (Å²) < 4.78 is 39.9. The molecular formula is C16H14F3NO. The van der Waals surface area contributed by atoms with Crippen molar-refractivity contribution < 1.29 is 18.0 Å². The van der Waals surface area contributed by atoms with Crippen molar-refractivity contribution in [3.05, 3.63) is 65.0 Å². The molecule has 1 unspecified atom stereocenters. The SMILES string of the molecule is CC(=O)c1c(F)cccc1NC(C)c1ccc(F)c(F)c1. The van der Waals surface area contributed by atoms with Crippen LogP contribution in [0.5, 0.6) is 0 Å². The number of halogens is 3. The van der Waals surface area contributed by atoms with E-state index in [4.69, 9.17) is 0 Å². The van der Waals surface area contributed by atoms with Crippen LogP contribution in [0.3, 0.4) is 0 Å². The third-order valence-electron chi connectivity index (χ3n) is 3.18. The van der Waals surface area contributed by atoms with E-state index in [1.807, 2.05) is 0 Å². The lowest BCUT2D eigenvalue weighted by molar-refractivity contribution is 0.101. The smallest absolute Gasteiger partial charge is 0.164 e. The van der Waals surface area contributed by atoms with Crippen LogP contribution in [-0.2, 0) is 0 Å². The first kappa shape index (κ1) is 15.1. The van der Waals surface area contributed by atoms with Crippen molar-refractivity contribution in [2.75, 3.05) is 5.32 Å². The number of hydrogen-bond donors (Lipinski definition) is 1. The highest BCUT2D eigenvalue weighted by Crippen LogP contribution is 2.25. The van der Waals surface area contributed by atoms with Gasteiger partial charge in [0.1, 0.15) is 5.82 Å². The predicted octanol–water partition coefficient (Wildman–Crippen LogP) is 4.48. The molecule has 110 valence electrons. The molecule has 0 fully saturated rings. The fourth-order valence-electron chi connectivity index (χ4n) is 2.10. The maximum Gasteiger partial charge on any atom is 0.164 e. The minimum atomic E-state index is -0.952. The van der Waals surface area contributed by atoms with Gasteiger partial charge in [-0.15, -0.1) is 0 Å². The van der Waals surface area contributed by atoms with E-state index < -0.39 is 29.3 Å². The van der Waals surface area contributed by atoms with Gasteiger partial charge < -0.3 is 5.32 Å². The van der Waals surface area contributed by atoms with Gasteiger partial charge in [-0.3, -0.25) is 4.79 Å². The quantitative estimate of drug-likeness (QED) is 0.842. The molecule has 0 aliphatic rings. The van der Waals surface area contributed by atoms with Gasteiger partial charge in [0, 0.05) is 11.7 Å². The van der Waals surface area contributed by atoms with E-state index in [-0.39, 0.29) is 5.56 Å². The predicted molar refractivity (Wildman–Crippen MR) is 74.8 cm³/mol. The molecular weight excluding hydrogens is 279 g/mol. The number of nitrogens with one attached hydrogen (secondary N) is 1. The van der Waals surface area contributed by atoms with Gasteiger partial charge in [0.15, 0.2) is 17.4 Å². The molecule has 2 nitrogen and oxygen atoms in total. The Hall–Kier alpha value is -2.30. The van der Waals surface area contributed by atoms with E-state index in [2.05, 4.69) is 5.32 Å². The monoisotopic (exact) mass is 293 g/mol. The zero-order valence-electron chi connectivity index (χ0n) is 11.6. The Morgan fingerprint density at radius 3 is 2.38 bits per heavy atom. The Bertz CT molecular complexity index is 685. The van der Waals surface area contributed by atoms with E-state index in [0.29, 0.717) is 11.3 Å². The van der Waals surface area contributed by atoms with Gasteiger partial charge >= 0.3 is 0 Å². The summed E-state index contributed by atoms with van der Waals surface area (Å²) in [6, 6.07) is 7.35. The molecule has 2 aromatic rings. The van der Waals surface area contributed by atoms with Crippen molar-refractivity contribution in [1.29, 1.82) is 0 Å². The maximum absolute atomic E-state index is 13.7. The molecule has 1 atom stereocenters. The number of anilines is 1. The molecule has 21 heavy (non-hydrogen) atoms. The van der Waals surface area contributed by atoms with Crippen LogP contribution in [0.15, 0.2) is 36.4 Å². The summed E-state index contributed by atoms with van der Waals surface area (Å²) in [5.41, 5.74) is 0.763. The molecule has 0 radical (unpaired) electrons. The second kappa shape index (κ2) is 5.99. The normalized spacial score (nSPS) is 12.0. The van der Waals surface area contributed by atoms with Gasteiger partial charge in [0.05, 0.1) is 5.56 Å². The van der Waals surface area contributed by atoms with E-state index >= 15 is 0 Å². The number of benzene rings is 2. The van der Waals surface area contributed by atoms with Crippen molar-refractivity contribution in [1.82, 2.24) is 0 Å². The zero-order chi connectivity index (χ0) is 15.6. The zero-order valence-corrected chi connectivity index (χ0v) is 11.6. The van der Waals surface area contributed by atoms with Crippen molar-refractivity contribution in [3.63, 3.8) is 0 Å². The summed E-state index contributed by atoms with van der Waals surface area (Å²) in [5.74, 6) is -2.91. The van der Waals surface area contributed by atoms with Crippen molar-refractivity contribution >= 4 is 11.5 Å². The van der Waals surface area contributed by atoms with Gasteiger partial charge in [0.2, 0.25) is 0 Å². The summed E-state index contributed by atoms with van der Waals surface area (Å²) in [6.07, 6.45) is 0. The molecule has 1 N–H and O–H groups in total. The number of Topliss-reactive ketones (excluding diaryl/α,β-unsaturated/α-hetero) is 1. The summed E-state index contributed by atoms with van der Waals surface area (Å²) in [7, 11) is 0. The Kier molecular flexibility index (Phi) is 4.31. The Balaban J connectivity index is 2.31. The van der Waals surface area contributed by atoms with Gasteiger partial charge in [-0.25, -0.2) is 13.2 Å². The molecule has 0 aliphatic carbocycles.